The fourth-order valence-corrected chi connectivity index (χ4v) is 3.54. The van der Waals surface area contributed by atoms with Gasteiger partial charge in [-0.2, -0.15) is 5.26 Å². The molecule has 1 atom stereocenters. The summed E-state index contributed by atoms with van der Waals surface area (Å²) in [4.78, 5) is 3.57. The number of aromatic amines is 1. The fraction of sp³-hybridized carbons (Fsp3) is 0.471. The highest BCUT2D eigenvalue weighted by atomic mass is 14.7. The van der Waals surface area contributed by atoms with E-state index in [0.717, 1.165) is 19.3 Å². The molecule has 0 fully saturated rings. The third-order valence-corrected chi connectivity index (χ3v) is 4.88. The highest BCUT2D eigenvalue weighted by Gasteiger charge is 2.34. The number of hydrogen-bond donors (Lipinski definition) is 1. The molecule has 0 bridgehead atoms. The molecule has 0 spiro atoms. The molecule has 0 saturated heterocycles. The highest BCUT2D eigenvalue weighted by Crippen LogP contribution is 2.43. The van der Waals surface area contributed by atoms with Crippen LogP contribution >= 0.6 is 0 Å². The predicted molar refractivity (Wildman–Crippen MR) is 77.9 cm³/mol. The van der Waals surface area contributed by atoms with Crippen LogP contribution in [0.15, 0.2) is 24.3 Å². The summed E-state index contributed by atoms with van der Waals surface area (Å²) in [6, 6.07) is 10.9. The molecule has 0 aliphatic heterocycles. The highest BCUT2D eigenvalue weighted by molar-refractivity contribution is 5.85. The first-order chi connectivity index (χ1) is 9.28. The quantitative estimate of drug-likeness (QED) is 0.866. The number of aryl methyl sites for hydroxylation is 1. The van der Waals surface area contributed by atoms with Gasteiger partial charge in [0.1, 0.15) is 0 Å². The second kappa shape index (κ2) is 4.74. The van der Waals surface area contributed by atoms with Crippen molar-refractivity contribution in [3.8, 4) is 6.07 Å². The van der Waals surface area contributed by atoms with Crippen LogP contribution in [0.5, 0.6) is 0 Å². The Hall–Kier alpha value is -1.75. The summed E-state index contributed by atoms with van der Waals surface area (Å²) >= 11 is 0. The fourth-order valence-electron chi connectivity index (χ4n) is 3.54. The van der Waals surface area contributed by atoms with E-state index in [2.05, 4.69) is 42.2 Å². The smallest absolute Gasteiger partial charge is 0.0621 e. The lowest BCUT2D eigenvalue weighted by Gasteiger charge is -2.36. The first-order valence-electron chi connectivity index (χ1n) is 7.23. The standard InChI is InChI=1S/C17H20N2/c1-2-17(9-5-11-18)10-8-16-14(12-17)13-6-3-4-7-15(13)19-16/h3-4,6-7,19H,2,5,8-10,12H2,1H3. The van der Waals surface area contributed by atoms with Gasteiger partial charge in [-0.25, -0.2) is 0 Å². The third kappa shape index (κ3) is 2.04. The number of H-pyrrole nitrogens is 1. The van der Waals surface area contributed by atoms with E-state index in [-0.39, 0.29) is 0 Å². The normalized spacial score (nSPS) is 22.1. The Labute approximate surface area is 114 Å². The van der Waals surface area contributed by atoms with E-state index in [1.54, 1.807) is 0 Å². The summed E-state index contributed by atoms with van der Waals surface area (Å²) < 4.78 is 0. The van der Waals surface area contributed by atoms with Crippen molar-refractivity contribution in [2.24, 2.45) is 5.41 Å². The van der Waals surface area contributed by atoms with Crippen molar-refractivity contribution < 1.29 is 0 Å². The summed E-state index contributed by atoms with van der Waals surface area (Å²) in [5.74, 6) is 0. The lowest BCUT2D eigenvalue weighted by molar-refractivity contribution is 0.217. The van der Waals surface area contributed by atoms with Crippen LogP contribution in [0, 0.1) is 16.7 Å². The van der Waals surface area contributed by atoms with Crippen molar-refractivity contribution in [3.63, 3.8) is 0 Å². The molecule has 1 N–H and O–H groups in total. The summed E-state index contributed by atoms with van der Waals surface area (Å²) in [7, 11) is 0. The molecule has 1 heterocycles. The summed E-state index contributed by atoms with van der Waals surface area (Å²) in [6.45, 7) is 2.28. The number of nitrogens with one attached hydrogen (secondary N) is 1. The van der Waals surface area contributed by atoms with Gasteiger partial charge in [-0.05, 0) is 42.7 Å². The lowest BCUT2D eigenvalue weighted by Crippen LogP contribution is -2.28. The average Bonchev–Trinajstić information content (AvgIpc) is 2.83. The molecule has 1 unspecified atom stereocenters. The van der Waals surface area contributed by atoms with Gasteiger partial charge in [0, 0.05) is 23.0 Å². The number of fused-ring (bicyclic) bond motifs is 3. The molecule has 1 aliphatic rings. The first-order valence-corrected chi connectivity index (χ1v) is 7.23. The second-order valence-electron chi connectivity index (χ2n) is 5.82. The molecular formula is C17H20N2. The van der Waals surface area contributed by atoms with E-state index < -0.39 is 0 Å². The number of hydrogen-bond acceptors (Lipinski definition) is 1. The third-order valence-electron chi connectivity index (χ3n) is 4.88. The Morgan fingerprint density at radius 1 is 1.37 bits per heavy atom. The largest absolute Gasteiger partial charge is 0.358 e. The van der Waals surface area contributed by atoms with Gasteiger partial charge in [-0.1, -0.05) is 31.5 Å². The van der Waals surface area contributed by atoms with E-state index in [9.17, 15) is 0 Å². The zero-order valence-corrected chi connectivity index (χ0v) is 11.5. The van der Waals surface area contributed by atoms with Gasteiger partial charge < -0.3 is 4.98 Å². The van der Waals surface area contributed by atoms with Crippen molar-refractivity contribution in [3.05, 3.63) is 35.5 Å². The van der Waals surface area contributed by atoms with Crippen LogP contribution in [0.1, 0.15) is 43.9 Å². The van der Waals surface area contributed by atoms with Crippen LogP contribution in [-0.2, 0) is 12.8 Å². The number of aromatic nitrogens is 1. The van der Waals surface area contributed by atoms with E-state index in [1.807, 2.05) is 0 Å². The molecule has 0 saturated carbocycles. The molecule has 1 aliphatic carbocycles. The Morgan fingerprint density at radius 2 is 2.21 bits per heavy atom. The van der Waals surface area contributed by atoms with E-state index >= 15 is 0 Å². The average molecular weight is 252 g/mol. The molecule has 1 aromatic heterocycles. The Morgan fingerprint density at radius 3 is 3.00 bits per heavy atom. The van der Waals surface area contributed by atoms with Crippen LogP contribution in [0.25, 0.3) is 10.9 Å². The van der Waals surface area contributed by atoms with Crippen LogP contribution in [0.4, 0.5) is 0 Å². The van der Waals surface area contributed by atoms with Crippen molar-refractivity contribution in [2.45, 2.75) is 45.4 Å². The number of nitrogens with zero attached hydrogens (tertiary/aromatic N) is 1. The van der Waals surface area contributed by atoms with Gasteiger partial charge in [0.05, 0.1) is 6.07 Å². The SMILES string of the molecule is CCC1(CCC#N)CCc2[nH]c3ccccc3c2C1. The van der Waals surface area contributed by atoms with Crippen molar-refractivity contribution >= 4 is 10.9 Å². The minimum absolute atomic E-state index is 0.341. The Bertz CT molecular complexity index is 632. The molecule has 0 radical (unpaired) electrons. The topological polar surface area (TPSA) is 39.6 Å². The molecule has 0 amide bonds. The van der Waals surface area contributed by atoms with Gasteiger partial charge in [0.15, 0.2) is 0 Å². The molecule has 1 aromatic carbocycles. The molecule has 2 aromatic rings. The number of nitriles is 1. The summed E-state index contributed by atoms with van der Waals surface area (Å²) in [5.41, 5.74) is 4.52. The van der Waals surface area contributed by atoms with Crippen molar-refractivity contribution in [1.29, 1.82) is 5.26 Å². The maximum Gasteiger partial charge on any atom is 0.0621 e. The number of para-hydroxylation sites is 1. The molecule has 3 rings (SSSR count). The molecule has 19 heavy (non-hydrogen) atoms. The monoisotopic (exact) mass is 252 g/mol. The Balaban J connectivity index is 2.00. The summed E-state index contributed by atoms with van der Waals surface area (Å²) in [5, 5.41) is 10.3. The number of benzene rings is 1. The first kappa shape index (κ1) is 12.3. The van der Waals surface area contributed by atoms with E-state index in [1.165, 1.54) is 35.0 Å². The molecule has 98 valence electrons. The predicted octanol–water partition coefficient (Wildman–Crippen LogP) is 4.36. The van der Waals surface area contributed by atoms with Crippen molar-refractivity contribution in [2.75, 3.05) is 0 Å². The minimum atomic E-state index is 0.341. The Kier molecular flexibility index (Phi) is 3.06. The zero-order chi connectivity index (χ0) is 13.3. The molecule has 2 heteroatoms. The minimum Gasteiger partial charge on any atom is -0.358 e. The molecule has 2 nitrogen and oxygen atoms in total. The van der Waals surface area contributed by atoms with Gasteiger partial charge in [0.25, 0.3) is 0 Å². The van der Waals surface area contributed by atoms with Crippen LogP contribution in [-0.4, -0.2) is 4.98 Å². The zero-order valence-electron chi connectivity index (χ0n) is 11.5. The molecular weight excluding hydrogens is 232 g/mol. The van der Waals surface area contributed by atoms with Crippen molar-refractivity contribution in [1.82, 2.24) is 4.98 Å². The van der Waals surface area contributed by atoms with Crippen LogP contribution < -0.4 is 0 Å². The second-order valence-corrected chi connectivity index (χ2v) is 5.82. The summed E-state index contributed by atoms with van der Waals surface area (Å²) in [6.07, 6.45) is 6.37. The maximum atomic E-state index is 8.88. The number of rotatable bonds is 3. The van der Waals surface area contributed by atoms with Gasteiger partial charge >= 0.3 is 0 Å². The maximum absolute atomic E-state index is 8.88. The van der Waals surface area contributed by atoms with Gasteiger partial charge in [0.2, 0.25) is 0 Å². The van der Waals surface area contributed by atoms with Crippen LogP contribution in [0.3, 0.4) is 0 Å². The van der Waals surface area contributed by atoms with E-state index in [4.69, 9.17) is 5.26 Å². The van der Waals surface area contributed by atoms with E-state index in [0.29, 0.717) is 11.8 Å². The lowest BCUT2D eigenvalue weighted by atomic mass is 9.68. The van der Waals surface area contributed by atoms with Crippen LogP contribution in [0.2, 0.25) is 0 Å². The van der Waals surface area contributed by atoms with Gasteiger partial charge in [-0.15, -0.1) is 0 Å². The van der Waals surface area contributed by atoms with Gasteiger partial charge in [-0.3, -0.25) is 0 Å².